The molecule has 1 fully saturated rings. The summed E-state index contributed by atoms with van der Waals surface area (Å²) in [5.41, 5.74) is 5.79. The van der Waals surface area contributed by atoms with Gasteiger partial charge in [-0.05, 0) is 13.3 Å². The molecule has 1 saturated heterocycles. The average Bonchev–Trinajstić information content (AvgIpc) is 2.38. The fraction of sp³-hybridized carbons (Fsp3) is 0.625. The summed E-state index contributed by atoms with van der Waals surface area (Å²) >= 11 is 0. The van der Waals surface area contributed by atoms with E-state index in [1.807, 2.05) is 0 Å². The summed E-state index contributed by atoms with van der Waals surface area (Å²) in [5.74, 6) is 0.0487. The Morgan fingerprint density at radius 2 is 2.50 bits per heavy atom. The number of carbonyl (C=O) groups excluding carboxylic acids is 1. The molecule has 0 bridgehead atoms. The van der Waals surface area contributed by atoms with Gasteiger partial charge in [-0.1, -0.05) is 6.08 Å². The second-order valence-corrected chi connectivity index (χ2v) is 2.81. The highest BCUT2D eigenvalue weighted by Crippen LogP contribution is 2.16. The van der Waals surface area contributed by atoms with Gasteiger partial charge in [-0.2, -0.15) is 0 Å². The molecule has 0 aliphatic carbocycles. The largest absolute Gasteiger partial charge is 0.373 e. The molecule has 1 unspecified atom stereocenters. The van der Waals surface area contributed by atoms with Crippen LogP contribution in [0.25, 0.3) is 0 Å². The van der Waals surface area contributed by atoms with Gasteiger partial charge in [0.2, 0.25) is 5.91 Å². The van der Waals surface area contributed by atoms with E-state index < -0.39 is 6.23 Å². The number of hydrogen-bond acceptors (Lipinski definition) is 3. The lowest BCUT2D eigenvalue weighted by molar-refractivity contribution is -0.126. The summed E-state index contributed by atoms with van der Waals surface area (Å²) in [6, 6.07) is 0. The maximum Gasteiger partial charge on any atom is 0.226 e. The number of allylic oxidation sites excluding steroid dienone is 1. The first kappa shape index (κ1) is 9.22. The quantitative estimate of drug-likeness (QED) is 0.563. The van der Waals surface area contributed by atoms with Crippen LogP contribution in [0.3, 0.4) is 0 Å². The molecule has 1 aliphatic heterocycles. The Hall–Kier alpha value is -0.870. The van der Waals surface area contributed by atoms with E-state index in [1.54, 1.807) is 17.9 Å². The van der Waals surface area contributed by atoms with Crippen LogP contribution < -0.4 is 5.73 Å². The van der Waals surface area contributed by atoms with Gasteiger partial charge in [-0.3, -0.25) is 4.79 Å². The summed E-state index contributed by atoms with van der Waals surface area (Å²) in [7, 11) is 0. The van der Waals surface area contributed by atoms with E-state index in [2.05, 4.69) is 0 Å². The summed E-state index contributed by atoms with van der Waals surface area (Å²) < 4.78 is 0. The van der Waals surface area contributed by atoms with E-state index in [0.29, 0.717) is 18.7 Å². The predicted molar refractivity (Wildman–Crippen MR) is 44.9 cm³/mol. The van der Waals surface area contributed by atoms with Gasteiger partial charge in [-0.25, -0.2) is 0 Å². The van der Waals surface area contributed by atoms with Gasteiger partial charge in [0.25, 0.3) is 0 Å². The first-order valence-corrected chi connectivity index (χ1v) is 4.07. The number of carbonyl (C=O) groups is 1. The molecule has 12 heavy (non-hydrogen) atoms. The molecular formula is C8H14N2O2. The summed E-state index contributed by atoms with van der Waals surface area (Å²) in [6.45, 7) is 2.43. The summed E-state index contributed by atoms with van der Waals surface area (Å²) in [5, 5.41) is 9.11. The zero-order valence-corrected chi connectivity index (χ0v) is 7.16. The Morgan fingerprint density at radius 3 is 2.83 bits per heavy atom. The molecule has 1 heterocycles. The van der Waals surface area contributed by atoms with Crippen LogP contribution in [0.15, 0.2) is 11.8 Å². The maximum atomic E-state index is 11.2. The van der Waals surface area contributed by atoms with E-state index in [1.165, 1.54) is 0 Å². The lowest BCUT2D eigenvalue weighted by Crippen LogP contribution is -2.35. The fourth-order valence-electron chi connectivity index (χ4n) is 1.41. The van der Waals surface area contributed by atoms with Crippen molar-refractivity contribution in [1.29, 1.82) is 0 Å². The molecule has 68 valence electrons. The van der Waals surface area contributed by atoms with E-state index in [9.17, 15) is 4.79 Å². The average molecular weight is 170 g/mol. The number of hydrogen-bond donors (Lipinski definition) is 2. The maximum absolute atomic E-state index is 11.2. The van der Waals surface area contributed by atoms with Crippen LogP contribution in [0.1, 0.15) is 19.8 Å². The number of amides is 1. The van der Waals surface area contributed by atoms with Crippen LogP contribution in [0.5, 0.6) is 0 Å². The van der Waals surface area contributed by atoms with Crippen molar-refractivity contribution >= 4 is 5.91 Å². The van der Waals surface area contributed by atoms with Gasteiger partial charge >= 0.3 is 0 Å². The van der Waals surface area contributed by atoms with Crippen LogP contribution in [0.4, 0.5) is 0 Å². The molecule has 1 rings (SSSR count). The molecule has 1 amide bonds. The van der Waals surface area contributed by atoms with Gasteiger partial charge < -0.3 is 15.7 Å². The Labute approximate surface area is 71.7 Å². The van der Waals surface area contributed by atoms with Crippen molar-refractivity contribution in [2.24, 2.45) is 5.73 Å². The highest BCUT2D eigenvalue weighted by atomic mass is 16.3. The molecule has 0 radical (unpaired) electrons. The predicted octanol–water partition coefficient (Wildman–Crippen LogP) is -0.210. The molecule has 0 aromatic heterocycles. The van der Waals surface area contributed by atoms with E-state index in [4.69, 9.17) is 10.8 Å². The van der Waals surface area contributed by atoms with Crippen molar-refractivity contribution in [3.8, 4) is 0 Å². The highest BCUT2D eigenvalue weighted by molar-refractivity contribution is 5.80. The standard InChI is InChI=1S/C8H14N2O2/c1-2-6(8(9)12)10-5-3-4-7(10)11/h2,8,12H,3-5,9H2,1H3/b6-2+. The van der Waals surface area contributed by atoms with Crippen molar-refractivity contribution in [3.63, 3.8) is 0 Å². The lowest BCUT2D eigenvalue weighted by Gasteiger charge is -2.21. The Balaban J connectivity index is 2.73. The van der Waals surface area contributed by atoms with E-state index in [-0.39, 0.29) is 5.91 Å². The van der Waals surface area contributed by atoms with Crippen LogP contribution in [0, 0.1) is 0 Å². The lowest BCUT2D eigenvalue weighted by atomic mass is 10.3. The first-order valence-electron chi connectivity index (χ1n) is 4.07. The van der Waals surface area contributed by atoms with E-state index >= 15 is 0 Å². The molecule has 0 aromatic rings. The Kier molecular flexibility index (Phi) is 2.83. The number of aliphatic hydroxyl groups is 1. The molecule has 4 heteroatoms. The summed E-state index contributed by atoms with van der Waals surface area (Å²) in [6.07, 6.45) is 2.04. The highest BCUT2D eigenvalue weighted by Gasteiger charge is 2.25. The van der Waals surface area contributed by atoms with Crippen molar-refractivity contribution in [3.05, 3.63) is 11.8 Å². The van der Waals surface area contributed by atoms with Crippen molar-refractivity contribution in [2.75, 3.05) is 6.54 Å². The third-order valence-electron chi connectivity index (χ3n) is 1.98. The molecule has 1 aliphatic rings. The van der Waals surface area contributed by atoms with Crippen LogP contribution in [0.2, 0.25) is 0 Å². The zero-order chi connectivity index (χ0) is 9.14. The monoisotopic (exact) mass is 170 g/mol. The molecule has 1 atom stereocenters. The Morgan fingerprint density at radius 1 is 1.83 bits per heavy atom. The minimum absolute atomic E-state index is 0.0487. The number of nitrogens with zero attached hydrogens (tertiary/aromatic N) is 1. The SMILES string of the molecule is C/C=C(\C(N)O)N1CCCC1=O. The Bertz CT molecular complexity index is 211. The van der Waals surface area contributed by atoms with Gasteiger partial charge in [-0.15, -0.1) is 0 Å². The second kappa shape index (κ2) is 3.69. The second-order valence-electron chi connectivity index (χ2n) is 2.81. The van der Waals surface area contributed by atoms with Gasteiger partial charge in [0.05, 0.1) is 5.70 Å². The molecule has 3 N–H and O–H groups in total. The third-order valence-corrected chi connectivity index (χ3v) is 1.98. The number of nitrogens with two attached hydrogens (primary N) is 1. The van der Waals surface area contributed by atoms with Crippen LogP contribution in [-0.4, -0.2) is 28.7 Å². The smallest absolute Gasteiger partial charge is 0.226 e. The van der Waals surface area contributed by atoms with E-state index in [0.717, 1.165) is 6.42 Å². The molecular weight excluding hydrogens is 156 g/mol. The molecule has 0 aromatic carbocycles. The van der Waals surface area contributed by atoms with Crippen molar-refractivity contribution in [2.45, 2.75) is 26.0 Å². The van der Waals surface area contributed by atoms with Gasteiger partial charge in [0.1, 0.15) is 6.23 Å². The third kappa shape index (κ3) is 1.65. The zero-order valence-electron chi connectivity index (χ0n) is 7.16. The molecule has 4 nitrogen and oxygen atoms in total. The van der Waals surface area contributed by atoms with Crippen LogP contribution in [-0.2, 0) is 4.79 Å². The minimum Gasteiger partial charge on any atom is -0.373 e. The number of likely N-dealkylation sites (tertiary alicyclic amines) is 1. The number of aliphatic hydroxyl groups excluding tert-OH is 1. The van der Waals surface area contributed by atoms with Gasteiger partial charge in [0.15, 0.2) is 0 Å². The van der Waals surface area contributed by atoms with Crippen molar-refractivity contribution in [1.82, 2.24) is 4.90 Å². The number of rotatable bonds is 2. The molecule has 0 spiro atoms. The molecule has 0 saturated carbocycles. The fourth-order valence-corrected chi connectivity index (χ4v) is 1.41. The first-order chi connectivity index (χ1) is 5.66. The minimum atomic E-state index is -1.04. The van der Waals surface area contributed by atoms with Crippen LogP contribution >= 0.6 is 0 Å². The summed E-state index contributed by atoms with van der Waals surface area (Å²) in [4.78, 5) is 12.7. The van der Waals surface area contributed by atoms with Crippen molar-refractivity contribution < 1.29 is 9.90 Å². The normalized spacial score (nSPS) is 21.8. The van der Waals surface area contributed by atoms with Gasteiger partial charge in [0, 0.05) is 13.0 Å². The topological polar surface area (TPSA) is 66.6 Å².